The second kappa shape index (κ2) is 4.53. The number of nitrogens with zero attached hydrogens (tertiary/aromatic N) is 1. The standard InChI is InChI=1S/C16H12N2O/c17-13-7-5-11(6-8-13)16(19)15-10-18-9-12-3-1-2-4-14(12)15/h1-10H,17H2. The Balaban J connectivity index is 2.14. The van der Waals surface area contributed by atoms with Gasteiger partial charge in [0.1, 0.15) is 0 Å². The Morgan fingerprint density at radius 3 is 2.47 bits per heavy atom. The van der Waals surface area contributed by atoms with Gasteiger partial charge in [0, 0.05) is 34.6 Å². The number of hydrogen-bond donors (Lipinski definition) is 1. The van der Waals surface area contributed by atoms with Crippen LogP contribution in [0.4, 0.5) is 5.69 Å². The predicted molar refractivity (Wildman–Crippen MR) is 76.0 cm³/mol. The number of nitrogen functional groups attached to an aromatic ring is 1. The van der Waals surface area contributed by atoms with Gasteiger partial charge >= 0.3 is 0 Å². The third-order valence-electron chi connectivity index (χ3n) is 3.09. The van der Waals surface area contributed by atoms with Crippen molar-refractivity contribution in [1.29, 1.82) is 0 Å². The molecule has 3 aromatic rings. The molecule has 0 spiro atoms. The number of nitrogens with two attached hydrogens (primary N) is 1. The van der Waals surface area contributed by atoms with Gasteiger partial charge < -0.3 is 5.73 Å². The van der Waals surface area contributed by atoms with Crippen molar-refractivity contribution in [2.45, 2.75) is 0 Å². The van der Waals surface area contributed by atoms with Crippen LogP contribution in [-0.4, -0.2) is 10.8 Å². The zero-order chi connectivity index (χ0) is 13.2. The largest absolute Gasteiger partial charge is 0.399 e. The Labute approximate surface area is 110 Å². The van der Waals surface area contributed by atoms with E-state index in [-0.39, 0.29) is 5.78 Å². The van der Waals surface area contributed by atoms with Gasteiger partial charge in [0.2, 0.25) is 0 Å². The van der Waals surface area contributed by atoms with Crippen LogP contribution in [0.5, 0.6) is 0 Å². The number of pyridine rings is 1. The maximum absolute atomic E-state index is 12.5. The first-order valence-corrected chi connectivity index (χ1v) is 5.99. The summed E-state index contributed by atoms with van der Waals surface area (Å²) in [6.45, 7) is 0. The Bertz CT molecular complexity index is 743. The molecule has 0 unspecified atom stereocenters. The lowest BCUT2D eigenvalue weighted by Gasteiger charge is -2.05. The second-order valence-corrected chi connectivity index (χ2v) is 4.36. The minimum Gasteiger partial charge on any atom is -0.399 e. The molecular formula is C16H12N2O. The molecule has 2 aromatic carbocycles. The summed E-state index contributed by atoms with van der Waals surface area (Å²) in [5, 5.41) is 1.88. The third kappa shape index (κ3) is 2.06. The molecule has 0 aliphatic carbocycles. The van der Waals surface area contributed by atoms with E-state index < -0.39 is 0 Å². The lowest BCUT2D eigenvalue weighted by atomic mass is 9.99. The molecule has 19 heavy (non-hydrogen) atoms. The number of hydrogen-bond acceptors (Lipinski definition) is 3. The van der Waals surface area contributed by atoms with Crippen LogP contribution in [0.25, 0.3) is 10.8 Å². The summed E-state index contributed by atoms with van der Waals surface area (Å²) in [4.78, 5) is 16.6. The first kappa shape index (κ1) is 11.4. The minimum absolute atomic E-state index is 0.0377. The zero-order valence-electron chi connectivity index (χ0n) is 10.2. The molecule has 0 amide bonds. The van der Waals surface area contributed by atoms with Crippen LogP contribution in [0.15, 0.2) is 60.9 Å². The van der Waals surface area contributed by atoms with Gasteiger partial charge in [0.25, 0.3) is 0 Å². The third-order valence-corrected chi connectivity index (χ3v) is 3.09. The quantitative estimate of drug-likeness (QED) is 0.560. The summed E-state index contributed by atoms with van der Waals surface area (Å²) in [7, 11) is 0. The van der Waals surface area contributed by atoms with Gasteiger partial charge in [0.05, 0.1) is 0 Å². The maximum Gasteiger partial charge on any atom is 0.195 e. The average Bonchev–Trinajstić information content (AvgIpc) is 2.47. The van der Waals surface area contributed by atoms with Crippen molar-refractivity contribution in [1.82, 2.24) is 4.98 Å². The average molecular weight is 248 g/mol. The van der Waals surface area contributed by atoms with Crippen LogP contribution in [0.3, 0.4) is 0 Å². The number of carbonyl (C=O) groups is 1. The van der Waals surface area contributed by atoms with E-state index in [0.29, 0.717) is 16.8 Å². The normalized spacial score (nSPS) is 10.5. The monoisotopic (exact) mass is 248 g/mol. The number of aromatic nitrogens is 1. The topological polar surface area (TPSA) is 56.0 Å². The summed E-state index contributed by atoms with van der Waals surface area (Å²) in [5.74, 6) is -0.0377. The first-order chi connectivity index (χ1) is 9.25. The molecule has 2 N–H and O–H groups in total. The molecule has 92 valence electrons. The van der Waals surface area contributed by atoms with Crippen LogP contribution >= 0.6 is 0 Å². The summed E-state index contributed by atoms with van der Waals surface area (Å²) >= 11 is 0. The Kier molecular flexibility index (Phi) is 2.72. The van der Waals surface area contributed by atoms with E-state index >= 15 is 0 Å². The summed E-state index contributed by atoms with van der Waals surface area (Å²) in [6.07, 6.45) is 3.37. The highest BCUT2D eigenvalue weighted by atomic mass is 16.1. The van der Waals surface area contributed by atoms with Crippen LogP contribution in [-0.2, 0) is 0 Å². The number of benzene rings is 2. The molecular weight excluding hydrogens is 236 g/mol. The molecule has 0 saturated carbocycles. The van der Waals surface area contributed by atoms with E-state index in [0.717, 1.165) is 10.8 Å². The van der Waals surface area contributed by atoms with E-state index in [2.05, 4.69) is 4.98 Å². The minimum atomic E-state index is -0.0377. The lowest BCUT2D eigenvalue weighted by molar-refractivity contribution is 0.104. The van der Waals surface area contributed by atoms with Crippen molar-refractivity contribution >= 4 is 22.2 Å². The van der Waals surface area contributed by atoms with Gasteiger partial charge in [-0.2, -0.15) is 0 Å². The molecule has 0 atom stereocenters. The van der Waals surface area contributed by atoms with E-state index in [9.17, 15) is 4.79 Å². The van der Waals surface area contributed by atoms with Crippen LogP contribution in [0, 0.1) is 0 Å². The Morgan fingerprint density at radius 2 is 1.68 bits per heavy atom. The molecule has 0 saturated heterocycles. The Hall–Kier alpha value is -2.68. The molecule has 0 fully saturated rings. The van der Waals surface area contributed by atoms with Crippen molar-refractivity contribution in [2.24, 2.45) is 0 Å². The molecule has 3 heteroatoms. The number of ketones is 1. The number of carbonyl (C=O) groups excluding carboxylic acids is 1. The molecule has 0 aliphatic heterocycles. The van der Waals surface area contributed by atoms with Gasteiger partial charge in [-0.3, -0.25) is 9.78 Å². The van der Waals surface area contributed by atoms with Crippen LogP contribution < -0.4 is 5.73 Å². The maximum atomic E-state index is 12.5. The van der Waals surface area contributed by atoms with Gasteiger partial charge in [-0.1, -0.05) is 24.3 Å². The molecule has 0 aliphatic rings. The Morgan fingerprint density at radius 1 is 0.947 bits per heavy atom. The van der Waals surface area contributed by atoms with Crippen molar-refractivity contribution in [3.63, 3.8) is 0 Å². The van der Waals surface area contributed by atoms with Crippen molar-refractivity contribution in [3.05, 3.63) is 72.1 Å². The lowest BCUT2D eigenvalue weighted by Crippen LogP contribution is -2.03. The SMILES string of the molecule is Nc1ccc(C(=O)c2cncc3ccccc23)cc1. The highest BCUT2D eigenvalue weighted by Gasteiger charge is 2.12. The predicted octanol–water partition coefficient (Wildman–Crippen LogP) is 3.05. The van der Waals surface area contributed by atoms with Crippen molar-refractivity contribution in [3.8, 4) is 0 Å². The van der Waals surface area contributed by atoms with Gasteiger partial charge in [-0.15, -0.1) is 0 Å². The first-order valence-electron chi connectivity index (χ1n) is 5.99. The molecule has 3 nitrogen and oxygen atoms in total. The molecule has 0 radical (unpaired) electrons. The highest BCUT2D eigenvalue weighted by molar-refractivity contribution is 6.16. The van der Waals surface area contributed by atoms with Crippen molar-refractivity contribution in [2.75, 3.05) is 5.73 Å². The van der Waals surface area contributed by atoms with E-state index in [1.165, 1.54) is 0 Å². The highest BCUT2D eigenvalue weighted by Crippen LogP contribution is 2.20. The number of fused-ring (bicyclic) bond motifs is 1. The van der Waals surface area contributed by atoms with Crippen molar-refractivity contribution < 1.29 is 4.79 Å². The molecule has 3 rings (SSSR count). The molecule has 1 aromatic heterocycles. The molecule has 0 bridgehead atoms. The van der Waals surface area contributed by atoms with Crippen LogP contribution in [0.2, 0.25) is 0 Å². The summed E-state index contributed by atoms with van der Waals surface area (Å²) in [6, 6.07) is 14.7. The number of anilines is 1. The molecule has 1 heterocycles. The zero-order valence-corrected chi connectivity index (χ0v) is 10.2. The fourth-order valence-corrected chi connectivity index (χ4v) is 2.09. The van der Waals surface area contributed by atoms with E-state index in [1.54, 1.807) is 36.7 Å². The van der Waals surface area contributed by atoms with Crippen LogP contribution in [0.1, 0.15) is 15.9 Å². The van der Waals surface area contributed by atoms with Gasteiger partial charge in [-0.05, 0) is 29.7 Å². The second-order valence-electron chi connectivity index (χ2n) is 4.36. The number of rotatable bonds is 2. The van der Waals surface area contributed by atoms with Gasteiger partial charge in [-0.25, -0.2) is 0 Å². The smallest absolute Gasteiger partial charge is 0.195 e. The van der Waals surface area contributed by atoms with Gasteiger partial charge in [0.15, 0.2) is 5.78 Å². The fourth-order valence-electron chi connectivity index (χ4n) is 2.09. The fraction of sp³-hybridized carbons (Fsp3) is 0. The summed E-state index contributed by atoms with van der Waals surface area (Å²) in [5.41, 5.74) is 7.51. The van der Waals surface area contributed by atoms with E-state index in [1.807, 2.05) is 24.3 Å². The summed E-state index contributed by atoms with van der Waals surface area (Å²) < 4.78 is 0. The van der Waals surface area contributed by atoms with E-state index in [4.69, 9.17) is 5.73 Å².